The van der Waals surface area contributed by atoms with Crippen LogP contribution in [0, 0.1) is 0 Å². The Kier molecular flexibility index (Phi) is 3.51. The lowest BCUT2D eigenvalue weighted by Gasteiger charge is -2.05. The van der Waals surface area contributed by atoms with Gasteiger partial charge in [0.25, 0.3) is 10.0 Å². The Morgan fingerprint density at radius 2 is 2.32 bits per heavy atom. The summed E-state index contributed by atoms with van der Waals surface area (Å²) >= 11 is 0. The first-order valence-corrected chi connectivity index (χ1v) is 6.75. The Morgan fingerprint density at radius 3 is 2.95 bits per heavy atom. The molecule has 0 unspecified atom stereocenters. The van der Waals surface area contributed by atoms with Crippen LogP contribution in [0.4, 0.5) is 5.95 Å². The van der Waals surface area contributed by atoms with Crippen LogP contribution in [0.1, 0.15) is 17.3 Å². The SMILES string of the molecule is CCOC(=O)c1cn[nH]c1S(=O)(=O)Nc1ncc[nH]1. The molecule has 19 heavy (non-hydrogen) atoms. The Morgan fingerprint density at radius 1 is 1.53 bits per heavy atom. The number of sulfonamides is 1. The van der Waals surface area contributed by atoms with Gasteiger partial charge < -0.3 is 9.72 Å². The van der Waals surface area contributed by atoms with Gasteiger partial charge in [-0.25, -0.2) is 14.5 Å². The molecule has 9 nitrogen and oxygen atoms in total. The molecule has 2 heterocycles. The number of rotatable bonds is 5. The van der Waals surface area contributed by atoms with E-state index in [1.165, 1.54) is 12.4 Å². The van der Waals surface area contributed by atoms with E-state index < -0.39 is 16.0 Å². The summed E-state index contributed by atoms with van der Waals surface area (Å²) in [5.41, 5.74) is -0.166. The molecule has 0 bridgehead atoms. The normalized spacial score (nSPS) is 11.2. The summed E-state index contributed by atoms with van der Waals surface area (Å²) in [4.78, 5) is 17.9. The maximum Gasteiger partial charge on any atom is 0.342 e. The van der Waals surface area contributed by atoms with Crippen molar-refractivity contribution < 1.29 is 17.9 Å². The summed E-state index contributed by atoms with van der Waals surface area (Å²) in [6.07, 6.45) is 3.93. The van der Waals surface area contributed by atoms with Crippen molar-refractivity contribution in [3.8, 4) is 0 Å². The van der Waals surface area contributed by atoms with Gasteiger partial charge in [0.1, 0.15) is 5.56 Å². The van der Waals surface area contributed by atoms with Crippen LogP contribution in [-0.2, 0) is 14.8 Å². The van der Waals surface area contributed by atoms with Crippen molar-refractivity contribution >= 4 is 21.9 Å². The number of nitrogens with zero attached hydrogens (tertiary/aromatic N) is 2. The van der Waals surface area contributed by atoms with Crippen LogP contribution < -0.4 is 4.72 Å². The molecule has 10 heteroatoms. The lowest BCUT2D eigenvalue weighted by Crippen LogP contribution is -2.18. The zero-order chi connectivity index (χ0) is 13.9. The molecule has 0 saturated heterocycles. The Balaban J connectivity index is 2.31. The highest BCUT2D eigenvalue weighted by Crippen LogP contribution is 2.15. The maximum atomic E-state index is 12.0. The van der Waals surface area contributed by atoms with E-state index in [9.17, 15) is 13.2 Å². The highest BCUT2D eigenvalue weighted by Gasteiger charge is 2.26. The number of imidazole rings is 1. The van der Waals surface area contributed by atoms with Crippen LogP contribution in [-0.4, -0.2) is 41.2 Å². The number of H-pyrrole nitrogens is 2. The summed E-state index contributed by atoms with van der Waals surface area (Å²) in [5, 5.41) is 5.43. The van der Waals surface area contributed by atoms with Crippen molar-refractivity contribution in [1.29, 1.82) is 0 Å². The van der Waals surface area contributed by atoms with E-state index in [2.05, 4.69) is 24.9 Å². The van der Waals surface area contributed by atoms with Crippen LogP contribution in [0.15, 0.2) is 23.6 Å². The van der Waals surface area contributed by atoms with Gasteiger partial charge in [0.15, 0.2) is 5.03 Å². The smallest absolute Gasteiger partial charge is 0.342 e. The molecule has 0 radical (unpaired) electrons. The average Bonchev–Trinajstić information content (AvgIpc) is 2.98. The lowest BCUT2D eigenvalue weighted by atomic mass is 10.4. The standard InChI is InChI=1S/C9H11N5O4S/c1-2-18-8(15)6-5-12-13-7(6)19(16,17)14-9-10-3-4-11-9/h3-5H,2H2,1H3,(H,12,13)(H2,10,11,14). The Bertz CT molecular complexity index is 661. The molecule has 0 aliphatic rings. The summed E-state index contributed by atoms with van der Waals surface area (Å²) in [6, 6.07) is 0. The third-order valence-electron chi connectivity index (χ3n) is 2.10. The van der Waals surface area contributed by atoms with E-state index in [-0.39, 0.29) is 23.1 Å². The van der Waals surface area contributed by atoms with Crippen LogP contribution >= 0.6 is 0 Å². The number of hydrogen-bond acceptors (Lipinski definition) is 6. The number of ether oxygens (including phenoxy) is 1. The van der Waals surface area contributed by atoms with Gasteiger partial charge in [-0.1, -0.05) is 0 Å². The molecule has 0 fully saturated rings. The van der Waals surface area contributed by atoms with Gasteiger partial charge in [-0.05, 0) is 6.92 Å². The molecule has 0 aliphatic carbocycles. The Hall–Kier alpha value is -2.36. The van der Waals surface area contributed by atoms with Gasteiger partial charge in [0.05, 0.1) is 12.8 Å². The maximum absolute atomic E-state index is 12.0. The predicted molar refractivity (Wildman–Crippen MR) is 63.9 cm³/mol. The predicted octanol–water partition coefficient (Wildman–Crippen LogP) is 0.110. The second-order valence-electron chi connectivity index (χ2n) is 3.38. The van der Waals surface area contributed by atoms with Crippen LogP contribution in [0.25, 0.3) is 0 Å². The molecule has 0 aromatic carbocycles. The molecule has 0 atom stereocenters. The third-order valence-corrected chi connectivity index (χ3v) is 3.41. The van der Waals surface area contributed by atoms with Gasteiger partial charge in [0.2, 0.25) is 5.95 Å². The summed E-state index contributed by atoms with van der Waals surface area (Å²) < 4.78 is 31.0. The van der Waals surface area contributed by atoms with Gasteiger partial charge in [-0.2, -0.15) is 13.5 Å². The molecule has 102 valence electrons. The lowest BCUT2D eigenvalue weighted by molar-refractivity contribution is 0.0522. The largest absolute Gasteiger partial charge is 0.462 e. The van der Waals surface area contributed by atoms with Crippen LogP contribution in [0.2, 0.25) is 0 Å². The number of carbonyl (C=O) groups excluding carboxylic acids is 1. The third kappa shape index (κ3) is 2.73. The number of aromatic amines is 2. The van der Waals surface area contributed by atoms with E-state index in [4.69, 9.17) is 4.74 Å². The molecule has 0 spiro atoms. The van der Waals surface area contributed by atoms with Gasteiger partial charge in [-0.15, -0.1) is 0 Å². The van der Waals surface area contributed by atoms with E-state index in [1.54, 1.807) is 6.92 Å². The minimum atomic E-state index is -4.00. The van der Waals surface area contributed by atoms with Crippen LogP contribution in [0.5, 0.6) is 0 Å². The number of esters is 1. The van der Waals surface area contributed by atoms with Crippen molar-refractivity contribution in [2.24, 2.45) is 0 Å². The van der Waals surface area contributed by atoms with Gasteiger partial charge >= 0.3 is 5.97 Å². The van der Waals surface area contributed by atoms with Crippen molar-refractivity contribution in [1.82, 2.24) is 20.2 Å². The van der Waals surface area contributed by atoms with Crippen molar-refractivity contribution in [3.05, 3.63) is 24.2 Å². The molecule has 0 saturated carbocycles. The molecular formula is C9H11N5O4S. The molecule has 2 aromatic rings. The van der Waals surface area contributed by atoms with Crippen LogP contribution in [0.3, 0.4) is 0 Å². The monoisotopic (exact) mass is 285 g/mol. The van der Waals surface area contributed by atoms with E-state index in [0.29, 0.717) is 0 Å². The fraction of sp³-hybridized carbons (Fsp3) is 0.222. The topological polar surface area (TPSA) is 130 Å². The molecule has 0 amide bonds. The first-order chi connectivity index (χ1) is 9.04. The molecule has 2 rings (SSSR count). The molecule has 3 N–H and O–H groups in total. The van der Waals surface area contributed by atoms with E-state index in [1.807, 2.05) is 0 Å². The summed E-state index contributed by atoms with van der Waals surface area (Å²) in [5.74, 6) is -0.736. The fourth-order valence-electron chi connectivity index (χ4n) is 1.33. The number of carbonyl (C=O) groups is 1. The second kappa shape index (κ2) is 5.10. The number of aromatic nitrogens is 4. The highest BCUT2D eigenvalue weighted by molar-refractivity contribution is 7.92. The second-order valence-corrected chi connectivity index (χ2v) is 5.00. The number of nitrogens with one attached hydrogen (secondary N) is 3. The Labute approximate surface area is 108 Å². The number of anilines is 1. The minimum Gasteiger partial charge on any atom is -0.462 e. The van der Waals surface area contributed by atoms with E-state index >= 15 is 0 Å². The zero-order valence-corrected chi connectivity index (χ0v) is 10.7. The van der Waals surface area contributed by atoms with Crippen molar-refractivity contribution in [2.75, 3.05) is 11.3 Å². The van der Waals surface area contributed by atoms with Gasteiger partial charge in [0, 0.05) is 12.4 Å². The molecule has 2 aromatic heterocycles. The quantitative estimate of drug-likeness (QED) is 0.668. The first-order valence-electron chi connectivity index (χ1n) is 5.27. The molecule has 0 aliphatic heterocycles. The molecular weight excluding hydrogens is 274 g/mol. The van der Waals surface area contributed by atoms with Crippen molar-refractivity contribution in [2.45, 2.75) is 11.9 Å². The zero-order valence-electron chi connectivity index (χ0n) is 9.87. The number of hydrogen-bond donors (Lipinski definition) is 3. The highest BCUT2D eigenvalue weighted by atomic mass is 32.2. The van der Waals surface area contributed by atoms with Gasteiger partial charge in [-0.3, -0.25) is 5.10 Å². The van der Waals surface area contributed by atoms with E-state index in [0.717, 1.165) is 6.20 Å². The minimum absolute atomic E-state index is 0.0319. The summed E-state index contributed by atoms with van der Waals surface area (Å²) in [7, 11) is -4.00. The average molecular weight is 285 g/mol. The first kappa shape index (κ1) is 13.1. The fourth-order valence-corrected chi connectivity index (χ4v) is 2.40. The van der Waals surface area contributed by atoms with Crippen molar-refractivity contribution in [3.63, 3.8) is 0 Å². The summed E-state index contributed by atoms with van der Waals surface area (Å²) in [6.45, 7) is 1.75.